The first-order valence-corrected chi connectivity index (χ1v) is 9.67. The van der Waals surface area contributed by atoms with E-state index in [4.69, 9.17) is 27.6 Å². The number of hydrogen-bond acceptors (Lipinski definition) is 5. The normalized spacial score (nSPS) is 10.9. The lowest BCUT2D eigenvalue weighted by Crippen LogP contribution is -1.81. The molecule has 0 radical (unpaired) electrons. The highest BCUT2D eigenvalue weighted by Crippen LogP contribution is 2.32. The van der Waals surface area contributed by atoms with Crippen LogP contribution in [-0.4, -0.2) is 16.5 Å². The molecule has 3 rings (SSSR count). The predicted molar refractivity (Wildman–Crippen MR) is 97.5 cm³/mol. The van der Waals surface area contributed by atoms with E-state index in [0.29, 0.717) is 26.9 Å². The average molecular weight is 383 g/mol. The molecule has 3 aromatic rings. The van der Waals surface area contributed by atoms with Gasteiger partial charge in [-0.3, -0.25) is 0 Å². The first-order chi connectivity index (χ1) is 11.2. The maximum Gasteiger partial charge on any atom is 0.277 e. The first-order valence-electron chi connectivity index (χ1n) is 6.71. The zero-order valence-electron chi connectivity index (χ0n) is 12.1. The summed E-state index contributed by atoms with van der Waals surface area (Å²) in [6, 6.07) is 13.5. The Balaban J connectivity index is 1.73. The Hall–Kier alpha value is -1.14. The molecular weight excluding hydrogens is 371 g/mol. The van der Waals surface area contributed by atoms with Gasteiger partial charge in [0.2, 0.25) is 5.89 Å². The number of rotatable bonds is 5. The maximum absolute atomic E-state index is 6.02. The Bertz CT molecular complexity index is 823. The van der Waals surface area contributed by atoms with Crippen LogP contribution in [0.5, 0.6) is 0 Å². The van der Waals surface area contributed by atoms with Crippen LogP contribution >= 0.6 is 46.7 Å². The Morgan fingerprint density at radius 1 is 1.04 bits per heavy atom. The number of thioether (sulfide) groups is 2. The lowest BCUT2D eigenvalue weighted by atomic mass is 10.2. The fourth-order valence-corrected chi connectivity index (χ4v) is 3.59. The summed E-state index contributed by atoms with van der Waals surface area (Å²) in [5.74, 6) is 1.22. The summed E-state index contributed by atoms with van der Waals surface area (Å²) in [5, 5.41) is 9.87. The minimum absolute atomic E-state index is 0.530. The zero-order valence-corrected chi connectivity index (χ0v) is 15.3. The van der Waals surface area contributed by atoms with Crippen molar-refractivity contribution in [2.45, 2.75) is 15.9 Å². The fraction of sp³-hybridized carbons (Fsp3) is 0.125. The van der Waals surface area contributed by atoms with Gasteiger partial charge in [-0.1, -0.05) is 53.2 Å². The Kier molecular flexibility index (Phi) is 5.54. The number of halogens is 2. The summed E-state index contributed by atoms with van der Waals surface area (Å²) >= 11 is 15.1. The highest BCUT2D eigenvalue weighted by Gasteiger charge is 2.12. The van der Waals surface area contributed by atoms with Gasteiger partial charge in [-0.25, -0.2) is 0 Å². The molecule has 0 fully saturated rings. The van der Waals surface area contributed by atoms with Gasteiger partial charge < -0.3 is 4.42 Å². The fourth-order valence-electron chi connectivity index (χ4n) is 1.97. The molecule has 0 saturated carbocycles. The third-order valence-electron chi connectivity index (χ3n) is 3.09. The van der Waals surface area contributed by atoms with E-state index in [1.807, 2.05) is 42.7 Å². The van der Waals surface area contributed by atoms with Crippen LogP contribution in [-0.2, 0) is 5.75 Å². The van der Waals surface area contributed by atoms with Crippen LogP contribution in [0.15, 0.2) is 57.0 Å². The molecule has 0 saturated heterocycles. The standard InChI is InChI=1S/C16H12Cl2N2OS2/c1-22-14-5-3-2-4-11(14)15-19-20-16(21-15)23-9-10-6-7-12(17)13(18)8-10/h2-8H,9H2,1H3. The van der Waals surface area contributed by atoms with E-state index in [1.165, 1.54) is 11.8 Å². The van der Waals surface area contributed by atoms with Crippen molar-refractivity contribution in [3.05, 3.63) is 58.1 Å². The minimum Gasteiger partial charge on any atom is -0.411 e. The van der Waals surface area contributed by atoms with Gasteiger partial charge in [0.05, 0.1) is 15.6 Å². The Morgan fingerprint density at radius 3 is 2.65 bits per heavy atom. The monoisotopic (exact) mass is 382 g/mol. The quantitative estimate of drug-likeness (QED) is 0.501. The van der Waals surface area contributed by atoms with Crippen LogP contribution in [0.3, 0.4) is 0 Å². The lowest BCUT2D eigenvalue weighted by molar-refractivity contribution is 0.465. The summed E-state index contributed by atoms with van der Waals surface area (Å²) < 4.78 is 5.76. The van der Waals surface area contributed by atoms with Gasteiger partial charge in [0, 0.05) is 10.6 Å². The van der Waals surface area contributed by atoms with Crippen molar-refractivity contribution in [1.29, 1.82) is 0 Å². The Morgan fingerprint density at radius 2 is 1.87 bits per heavy atom. The summed E-state index contributed by atoms with van der Waals surface area (Å²) in [5.41, 5.74) is 2.00. The minimum atomic E-state index is 0.530. The van der Waals surface area contributed by atoms with Crippen LogP contribution in [0.1, 0.15) is 5.56 Å². The molecule has 0 amide bonds. The smallest absolute Gasteiger partial charge is 0.277 e. The second-order valence-electron chi connectivity index (χ2n) is 4.61. The number of aromatic nitrogens is 2. The average Bonchev–Trinajstić information content (AvgIpc) is 3.04. The van der Waals surface area contributed by atoms with E-state index >= 15 is 0 Å². The van der Waals surface area contributed by atoms with Crippen molar-refractivity contribution in [2.75, 3.05) is 6.26 Å². The summed E-state index contributed by atoms with van der Waals surface area (Å²) in [6.45, 7) is 0. The highest BCUT2D eigenvalue weighted by molar-refractivity contribution is 7.98. The molecule has 0 spiro atoms. The molecule has 23 heavy (non-hydrogen) atoms. The zero-order chi connectivity index (χ0) is 16.2. The molecule has 0 aliphatic carbocycles. The molecule has 0 bridgehead atoms. The summed E-state index contributed by atoms with van der Waals surface area (Å²) in [7, 11) is 0. The molecule has 0 aliphatic rings. The van der Waals surface area contributed by atoms with Crippen molar-refractivity contribution in [3.8, 4) is 11.5 Å². The van der Waals surface area contributed by atoms with Gasteiger partial charge in [0.15, 0.2) is 0 Å². The number of benzene rings is 2. The molecule has 0 atom stereocenters. The number of hydrogen-bond donors (Lipinski definition) is 0. The Labute approximate surface area is 152 Å². The van der Waals surface area contributed by atoms with Crippen molar-refractivity contribution >= 4 is 46.7 Å². The second-order valence-corrected chi connectivity index (χ2v) is 7.20. The summed E-state index contributed by atoms with van der Waals surface area (Å²) in [6.07, 6.45) is 2.02. The van der Waals surface area contributed by atoms with E-state index in [0.717, 1.165) is 16.0 Å². The molecule has 3 nitrogen and oxygen atoms in total. The van der Waals surface area contributed by atoms with Gasteiger partial charge in [-0.2, -0.15) is 0 Å². The predicted octanol–water partition coefficient (Wildman–Crippen LogP) is 6.06. The van der Waals surface area contributed by atoms with E-state index < -0.39 is 0 Å². The van der Waals surface area contributed by atoms with Gasteiger partial charge in [-0.15, -0.1) is 22.0 Å². The van der Waals surface area contributed by atoms with E-state index in [9.17, 15) is 0 Å². The first kappa shape index (κ1) is 16.7. The van der Waals surface area contributed by atoms with Crippen molar-refractivity contribution in [2.24, 2.45) is 0 Å². The van der Waals surface area contributed by atoms with Crippen LogP contribution in [0.25, 0.3) is 11.5 Å². The van der Waals surface area contributed by atoms with E-state index in [2.05, 4.69) is 10.2 Å². The topological polar surface area (TPSA) is 38.9 Å². The van der Waals surface area contributed by atoms with Gasteiger partial charge >= 0.3 is 0 Å². The molecule has 0 N–H and O–H groups in total. The van der Waals surface area contributed by atoms with Crippen LogP contribution in [0.2, 0.25) is 10.0 Å². The van der Waals surface area contributed by atoms with Crippen LogP contribution in [0, 0.1) is 0 Å². The van der Waals surface area contributed by atoms with Crippen LogP contribution < -0.4 is 0 Å². The van der Waals surface area contributed by atoms with Crippen molar-refractivity contribution in [3.63, 3.8) is 0 Å². The lowest BCUT2D eigenvalue weighted by Gasteiger charge is -2.02. The molecule has 1 heterocycles. The molecule has 0 aliphatic heterocycles. The number of nitrogens with zero attached hydrogens (tertiary/aromatic N) is 2. The van der Waals surface area contributed by atoms with Crippen LogP contribution in [0.4, 0.5) is 0 Å². The van der Waals surface area contributed by atoms with Gasteiger partial charge in [0.25, 0.3) is 5.22 Å². The largest absolute Gasteiger partial charge is 0.411 e. The molecule has 1 aromatic heterocycles. The SMILES string of the molecule is CSc1ccccc1-c1nnc(SCc2ccc(Cl)c(Cl)c2)o1. The summed E-state index contributed by atoms with van der Waals surface area (Å²) in [4.78, 5) is 1.11. The third kappa shape index (κ3) is 4.04. The molecular formula is C16H12Cl2N2OS2. The highest BCUT2D eigenvalue weighted by atomic mass is 35.5. The molecule has 0 unspecified atom stereocenters. The van der Waals surface area contributed by atoms with E-state index in [1.54, 1.807) is 17.8 Å². The molecule has 7 heteroatoms. The van der Waals surface area contributed by atoms with Gasteiger partial charge in [-0.05, 0) is 36.1 Å². The second kappa shape index (κ2) is 7.62. The van der Waals surface area contributed by atoms with Gasteiger partial charge in [0.1, 0.15) is 0 Å². The van der Waals surface area contributed by atoms with Crippen molar-refractivity contribution in [1.82, 2.24) is 10.2 Å². The maximum atomic E-state index is 6.02. The van der Waals surface area contributed by atoms with E-state index in [-0.39, 0.29) is 0 Å². The third-order valence-corrected chi connectivity index (χ3v) is 5.51. The molecule has 118 valence electrons. The van der Waals surface area contributed by atoms with Crippen molar-refractivity contribution < 1.29 is 4.42 Å². The molecule has 2 aromatic carbocycles.